The second-order valence-corrected chi connectivity index (χ2v) is 5.67. The van der Waals surface area contributed by atoms with E-state index in [1.165, 1.54) is 19.3 Å². The molecule has 102 valence electrons. The molecule has 1 aromatic heterocycles. The van der Waals surface area contributed by atoms with Gasteiger partial charge in [0.2, 0.25) is 0 Å². The van der Waals surface area contributed by atoms with E-state index < -0.39 is 0 Å². The van der Waals surface area contributed by atoms with Crippen molar-refractivity contribution in [2.45, 2.75) is 50.2 Å². The summed E-state index contributed by atoms with van der Waals surface area (Å²) in [6.07, 6.45) is 10.4. The zero-order chi connectivity index (χ0) is 13.1. The Balaban J connectivity index is 1.58. The highest BCUT2D eigenvalue weighted by atomic mass is 16.5. The van der Waals surface area contributed by atoms with E-state index in [1.54, 1.807) is 24.5 Å². The zero-order valence-electron chi connectivity index (χ0n) is 11.1. The van der Waals surface area contributed by atoms with Gasteiger partial charge in [-0.25, -0.2) is 0 Å². The molecular formula is C15H20N2O2. The fourth-order valence-corrected chi connectivity index (χ4v) is 3.25. The topological polar surface area (TPSA) is 51.2 Å². The molecule has 1 aliphatic heterocycles. The van der Waals surface area contributed by atoms with E-state index in [4.69, 9.17) is 4.74 Å². The summed E-state index contributed by atoms with van der Waals surface area (Å²) in [4.78, 5) is 16.0. The van der Waals surface area contributed by atoms with Crippen LogP contribution in [-0.2, 0) is 4.74 Å². The molecule has 1 amide bonds. The summed E-state index contributed by atoms with van der Waals surface area (Å²) >= 11 is 0. The average molecular weight is 260 g/mol. The van der Waals surface area contributed by atoms with E-state index in [0.29, 0.717) is 12.2 Å². The third-order valence-corrected chi connectivity index (χ3v) is 4.25. The molecule has 2 fully saturated rings. The standard InChI is InChI=1S/C15H20N2O2/c18-14(12-4-8-16-9-5-12)17-13-10-15(19-11-13)6-2-1-3-7-15/h4-5,8-9,13H,1-3,6-7,10-11H2,(H,17,18)/t13-/m1/s1. The first-order valence-corrected chi connectivity index (χ1v) is 7.12. The molecule has 0 aromatic carbocycles. The Bertz CT molecular complexity index is 441. The predicted octanol–water partition coefficient (Wildman–Crippen LogP) is 2.30. The number of hydrogen-bond acceptors (Lipinski definition) is 3. The van der Waals surface area contributed by atoms with E-state index in [9.17, 15) is 4.79 Å². The maximum absolute atomic E-state index is 12.1. The Hall–Kier alpha value is -1.42. The molecule has 1 aliphatic carbocycles. The van der Waals surface area contributed by atoms with Crippen molar-refractivity contribution in [2.24, 2.45) is 0 Å². The van der Waals surface area contributed by atoms with Crippen molar-refractivity contribution in [1.82, 2.24) is 10.3 Å². The maximum atomic E-state index is 12.1. The summed E-state index contributed by atoms with van der Waals surface area (Å²) in [5, 5.41) is 3.08. The molecule has 4 heteroatoms. The summed E-state index contributed by atoms with van der Waals surface area (Å²) in [6.45, 7) is 0.650. The SMILES string of the molecule is O=C(N[C@H]1COC2(CCCCC2)C1)c1ccncc1. The summed E-state index contributed by atoms with van der Waals surface area (Å²) < 4.78 is 6.00. The highest BCUT2D eigenvalue weighted by Gasteiger charge is 2.41. The van der Waals surface area contributed by atoms with E-state index >= 15 is 0 Å². The van der Waals surface area contributed by atoms with Gasteiger partial charge in [0.05, 0.1) is 18.2 Å². The normalized spacial score (nSPS) is 25.4. The average Bonchev–Trinajstić information content (AvgIpc) is 2.83. The fourth-order valence-electron chi connectivity index (χ4n) is 3.25. The Morgan fingerprint density at radius 3 is 2.74 bits per heavy atom. The largest absolute Gasteiger partial charge is 0.373 e. The molecule has 2 aliphatic rings. The maximum Gasteiger partial charge on any atom is 0.251 e. The molecule has 2 heterocycles. The summed E-state index contributed by atoms with van der Waals surface area (Å²) in [7, 11) is 0. The minimum atomic E-state index is -0.0242. The lowest BCUT2D eigenvalue weighted by Crippen LogP contribution is -2.37. The van der Waals surface area contributed by atoms with Gasteiger partial charge in [0, 0.05) is 18.0 Å². The summed E-state index contributed by atoms with van der Waals surface area (Å²) in [5.74, 6) is -0.0242. The van der Waals surface area contributed by atoms with E-state index in [1.807, 2.05) is 0 Å². The molecular weight excluding hydrogens is 240 g/mol. The van der Waals surface area contributed by atoms with Crippen LogP contribution in [0.5, 0.6) is 0 Å². The Morgan fingerprint density at radius 1 is 1.26 bits per heavy atom. The molecule has 19 heavy (non-hydrogen) atoms. The van der Waals surface area contributed by atoms with Crippen molar-refractivity contribution in [1.29, 1.82) is 0 Å². The number of nitrogens with one attached hydrogen (secondary N) is 1. The third kappa shape index (κ3) is 2.78. The van der Waals surface area contributed by atoms with Gasteiger partial charge in [0.25, 0.3) is 5.91 Å². The number of amides is 1. The third-order valence-electron chi connectivity index (χ3n) is 4.25. The van der Waals surface area contributed by atoms with Gasteiger partial charge in [-0.2, -0.15) is 0 Å². The molecule has 1 N–H and O–H groups in total. The summed E-state index contributed by atoms with van der Waals surface area (Å²) in [6, 6.07) is 3.63. The monoisotopic (exact) mass is 260 g/mol. The number of hydrogen-bond donors (Lipinski definition) is 1. The summed E-state index contributed by atoms with van der Waals surface area (Å²) in [5.41, 5.74) is 0.716. The first-order valence-electron chi connectivity index (χ1n) is 7.12. The fraction of sp³-hybridized carbons (Fsp3) is 0.600. The van der Waals surface area contributed by atoms with Gasteiger partial charge in [-0.05, 0) is 31.4 Å². The molecule has 1 aromatic rings. The minimum Gasteiger partial charge on any atom is -0.373 e. The number of pyridine rings is 1. The number of rotatable bonds is 2. The smallest absolute Gasteiger partial charge is 0.251 e. The molecule has 1 atom stereocenters. The van der Waals surface area contributed by atoms with Crippen molar-refractivity contribution in [3.63, 3.8) is 0 Å². The van der Waals surface area contributed by atoms with Crippen molar-refractivity contribution in [3.05, 3.63) is 30.1 Å². The van der Waals surface area contributed by atoms with Gasteiger partial charge in [-0.1, -0.05) is 19.3 Å². The first-order chi connectivity index (χ1) is 9.27. The van der Waals surface area contributed by atoms with Gasteiger partial charge < -0.3 is 10.1 Å². The van der Waals surface area contributed by atoms with Crippen LogP contribution in [0.4, 0.5) is 0 Å². The number of aromatic nitrogens is 1. The lowest BCUT2D eigenvalue weighted by Gasteiger charge is -2.32. The van der Waals surface area contributed by atoms with Crippen molar-refractivity contribution in [2.75, 3.05) is 6.61 Å². The van der Waals surface area contributed by atoms with Crippen LogP contribution < -0.4 is 5.32 Å². The quantitative estimate of drug-likeness (QED) is 0.887. The van der Waals surface area contributed by atoms with E-state index in [0.717, 1.165) is 19.3 Å². The zero-order valence-corrected chi connectivity index (χ0v) is 11.1. The molecule has 4 nitrogen and oxygen atoms in total. The molecule has 3 rings (SSSR count). The van der Waals surface area contributed by atoms with Crippen LogP contribution in [0.15, 0.2) is 24.5 Å². The van der Waals surface area contributed by atoms with E-state index in [-0.39, 0.29) is 17.6 Å². The predicted molar refractivity (Wildman–Crippen MR) is 71.9 cm³/mol. The highest BCUT2D eigenvalue weighted by Crippen LogP contribution is 2.39. The van der Waals surface area contributed by atoms with E-state index in [2.05, 4.69) is 10.3 Å². The molecule has 1 saturated carbocycles. The Morgan fingerprint density at radius 2 is 2.00 bits per heavy atom. The second kappa shape index (κ2) is 5.29. The van der Waals surface area contributed by atoms with Crippen LogP contribution in [0.25, 0.3) is 0 Å². The van der Waals surface area contributed by atoms with Gasteiger partial charge in [0.15, 0.2) is 0 Å². The lowest BCUT2D eigenvalue weighted by molar-refractivity contribution is -0.0246. The molecule has 0 radical (unpaired) electrons. The number of nitrogens with zero attached hydrogens (tertiary/aromatic N) is 1. The lowest BCUT2D eigenvalue weighted by atomic mass is 9.82. The number of ether oxygens (including phenoxy) is 1. The minimum absolute atomic E-state index is 0.0242. The van der Waals surface area contributed by atoms with Gasteiger partial charge in [-0.3, -0.25) is 9.78 Å². The molecule has 1 spiro atoms. The molecule has 0 unspecified atom stereocenters. The van der Waals surface area contributed by atoms with Crippen LogP contribution >= 0.6 is 0 Å². The van der Waals surface area contributed by atoms with Crippen LogP contribution in [0, 0.1) is 0 Å². The molecule has 0 bridgehead atoms. The number of carbonyl (C=O) groups is 1. The Labute approximate surface area is 113 Å². The number of carbonyl (C=O) groups excluding carboxylic acids is 1. The van der Waals surface area contributed by atoms with Gasteiger partial charge >= 0.3 is 0 Å². The van der Waals surface area contributed by atoms with Crippen molar-refractivity contribution < 1.29 is 9.53 Å². The van der Waals surface area contributed by atoms with Crippen LogP contribution in [-0.4, -0.2) is 29.1 Å². The van der Waals surface area contributed by atoms with Gasteiger partial charge in [-0.15, -0.1) is 0 Å². The second-order valence-electron chi connectivity index (χ2n) is 5.67. The Kier molecular flexibility index (Phi) is 3.51. The van der Waals surface area contributed by atoms with Gasteiger partial charge in [0.1, 0.15) is 0 Å². The van der Waals surface area contributed by atoms with Crippen LogP contribution in [0.1, 0.15) is 48.9 Å². The van der Waals surface area contributed by atoms with Crippen molar-refractivity contribution in [3.8, 4) is 0 Å². The highest BCUT2D eigenvalue weighted by molar-refractivity contribution is 5.94. The van der Waals surface area contributed by atoms with Crippen LogP contribution in [0.2, 0.25) is 0 Å². The van der Waals surface area contributed by atoms with Crippen molar-refractivity contribution >= 4 is 5.91 Å². The molecule has 1 saturated heterocycles. The van der Waals surface area contributed by atoms with Crippen LogP contribution in [0.3, 0.4) is 0 Å². The first kappa shape index (κ1) is 12.6.